The number of hydrogen-bond acceptors (Lipinski definition) is 5. The summed E-state index contributed by atoms with van der Waals surface area (Å²) in [6.07, 6.45) is 1.10. The fourth-order valence-electron chi connectivity index (χ4n) is 2.18. The van der Waals surface area contributed by atoms with Crippen LogP contribution >= 0.6 is 11.8 Å². The second-order valence-corrected chi connectivity index (χ2v) is 6.71. The highest BCUT2D eigenvalue weighted by atomic mass is 32.2. The van der Waals surface area contributed by atoms with Gasteiger partial charge in [-0.05, 0) is 30.7 Å². The Morgan fingerprint density at radius 2 is 2.05 bits per heavy atom. The maximum absolute atomic E-state index is 9.17. The quantitative estimate of drug-likeness (QED) is 0.773. The molecule has 0 amide bonds. The smallest absolute Gasteiger partial charge is 0.161 e. The van der Waals surface area contributed by atoms with Gasteiger partial charge in [-0.15, -0.1) is 0 Å². The SMILES string of the molecule is CCCNC(CSC(C)CO)c1ccc2c(c1)OCCO2. The summed E-state index contributed by atoms with van der Waals surface area (Å²) in [5.74, 6) is 2.60. The van der Waals surface area contributed by atoms with E-state index in [0.29, 0.717) is 13.2 Å². The molecule has 0 aliphatic carbocycles. The number of rotatable bonds is 8. The van der Waals surface area contributed by atoms with Crippen molar-refractivity contribution in [2.45, 2.75) is 31.6 Å². The third-order valence-corrected chi connectivity index (χ3v) is 4.66. The van der Waals surface area contributed by atoms with E-state index in [0.717, 1.165) is 30.2 Å². The standard InChI is InChI=1S/C16H25NO3S/c1-3-6-17-14(11-21-12(2)10-18)13-4-5-15-16(9-13)20-8-7-19-15/h4-5,9,12,14,17-18H,3,6-8,10-11H2,1-2H3. The molecule has 2 atom stereocenters. The lowest BCUT2D eigenvalue weighted by atomic mass is 10.1. The Kier molecular flexibility index (Phi) is 6.67. The Morgan fingerprint density at radius 3 is 2.76 bits per heavy atom. The first-order chi connectivity index (χ1) is 10.2. The van der Waals surface area contributed by atoms with Gasteiger partial charge < -0.3 is 19.9 Å². The van der Waals surface area contributed by atoms with Crippen molar-refractivity contribution in [2.75, 3.05) is 32.1 Å². The molecule has 0 aromatic heterocycles. The van der Waals surface area contributed by atoms with E-state index in [4.69, 9.17) is 9.47 Å². The van der Waals surface area contributed by atoms with E-state index in [-0.39, 0.29) is 17.9 Å². The van der Waals surface area contributed by atoms with E-state index in [9.17, 15) is 5.11 Å². The summed E-state index contributed by atoms with van der Waals surface area (Å²) in [6, 6.07) is 6.43. The first-order valence-electron chi connectivity index (χ1n) is 7.60. The second kappa shape index (κ2) is 8.51. The Labute approximate surface area is 131 Å². The van der Waals surface area contributed by atoms with Crippen molar-refractivity contribution in [2.24, 2.45) is 0 Å². The van der Waals surface area contributed by atoms with E-state index >= 15 is 0 Å². The van der Waals surface area contributed by atoms with Crippen molar-refractivity contribution in [3.8, 4) is 11.5 Å². The fourth-order valence-corrected chi connectivity index (χ4v) is 3.12. The number of ether oxygens (including phenoxy) is 2. The van der Waals surface area contributed by atoms with E-state index in [2.05, 4.69) is 24.4 Å². The van der Waals surface area contributed by atoms with Crippen LogP contribution in [-0.4, -0.2) is 42.5 Å². The largest absolute Gasteiger partial charge is 0.486 e. The molecular formula is C16H25NO3S. The summed E-state index contributed by atoms with van der Waals surface area (Å²) < 4.78 is 11.2. The van der Waals surface area contributed by atoms with Crippen molar-refractivity contribution >= 4 is 11.8 Å². The van der Waals surface area contributed by atoms with Crippen molar-refractivity contribution in [3.05, 3.63) is 23.8 Å². The highest BCUT2D eigenvalue weighted by molar-refractivity contribution is 7.99. The molecule has 2 rings (SSSR count). The molecule has 0 saturated carbocycles. The normalized spacial score (nSPS) is 16.5. The van der Waals surface area contributed by atoms with Crippen LogP contribution in [0.3, 0.4) is 0 Å². The van der Waals surface area contributed by atoms with Gasteiger partial charge in [0.2, 0.25) is 0 Å². The number of hydrogen-bond donors (Lipinski definition) is 2. The van der Waals surface area contributed by atoms with E-state index in [1.807, 2.05) is 13.0 Å². The average Bonchev–Trinajstić information content (AvgIpc) is 2.54. The Bertz CT molecular complexity index is 442. The van der Waals surface area contributed by atoms with Crippen LogP contribution in [0.25, 0.3) is 0 Å². The summed E-state index contributed by atoms with van der Waals surface area (Å²) in [4.78, 5) is 0. The van der Waals surface area contributed by atoms with Crippen molar-refractivity contribution in [3.63, 3.8) is 0 Å². The van der Waals surface area contributed by atoms with Gasteiger partial charge in [-0.2, -0.15) is 11.8 Å². The summed E-state index contributed by atoms with van der Waals surface area (Å²) in [5.41, 5.74) is 1.21. The molecule has 0 saturated heterocycles. The van der Waals surface area contributed by atoms with Crippen LogP contribution < -0.4 is 14.8 Å². The molecule has 0 spiro atoms. The summed E-state index contributed by atoms with van der Waals surface area (Å²) in [7, 11) is 0. The second-order valence-electron chi connectivity index (χ2n) is 5.24. The average molecular weight is 311 g/mol. The molecule has 0 fully saturated rings. The van der Waals surface area contributed by atoms with Crippen LogP contribution in [-0.2, 0) is 0 Å². The predicted molar refractivity (Wildman–Crippen MR) is 87.5 cm³/mol. The number of thioether (sulfide) groups is 1. The minimum atomic E-state index is 0.215. The Morgan fingerprint density at radius 1 is 1.29 bits per heavy atom. The molecule has 1 aliphatic heterocycles. The zero-order valence-electron chi connectivity index (χ0n) is 12.8. The minimum Gasteiger partial charge on any atom is -0.486 e. The lowest BCUT2D eigenvalue weighted by molar-refractivity contribution is 0.171. The highest BCUT2D eigenvalue weighted by Gasteiger charge is 2.17. The van der Waals surface area contributed by atoms with Crippen molar-refractivity contribution < 1.29 is 14.6 Å². The summed E-state index contributed by atoms with van der Waals surface area (Å²) >= 11 is 1.78. The van der Waals surface area contributed by atoms with Gasteiger partial charge in [0.05, 0.1) is 6.61 Å². The zero-order chi connectivity index (χ0) is 15.1. The minimum absolute atomic E-state index is 0.215. The van der Waals surface area contributed by atoms with Gasteiger partial charge in [0, 0.05) is 17.0 Å². The van der Waals surface area contributed by atoms with E-state index in [1.54, 1.807) is 11.8 Å². The third kappa shape index (κ3) is 4.80. The molecule has 1 aromatic carbocycles. The van der Waals surface area contributed by atoms with Gasteiger partial charge in [0.1, 0.15) is 13.2 Å². The van der Waals surface area contributed by atoms with Crippen LogP contribution in [0.5, 0.6) is 11.5 Å². The molecule has 1 heterocycles. The highest BCUT2D eigenvalue weighted by Crippen LogP contribution is 2.33. The Hall–Kier alpha value is -0.910. The van der Waals surface area contributed by atoms with Crippen LogP contribution in [0.15, 0.2) is 18.2 Å². The predicted octanol–water partition coefficient (Wildman–Crippen LogP) is 2.61. The van der Waals surface area contributed by atoms with Gasteiger partial charge in [0.25, 0.3) is 0 Å². The molecule has 118 valence electrons. The first kappa shape index (κ1) is 16.5. The third-order valence-electron chi connectivity index (χ3n) is 3.41. The number of nitrogens with one attached hydrogen (secondary N) is 1. The van der Waals surface area contributed by atoms with Crippen molar-refractivity contribution in [1.82, 2.24) is 5.32 Å². The first-order valence-corrected chi connectivity index (χ1v) is 8.64. The van der Waals surface area contributed by atoms with Gasteiger partial charge in [-0.3, -0.25) is 0 Å². The zero-order valence-corrected chi connectivity index (χ0v) is 13.6. The number of aliphatic hydroxyl groups excluding tert-OH is 1. The lowest BCUT2D eigenvalue weighted by Gasteiger charge is -2.23. The molecule has 4 nitrogen and oxygen atoms in total. The lowest BCUT2D eigenvalue weighted by Crippen LogP contribution is -2.25. The molecule has 21 heavy (non-hydrogen) atoms. The summed E-state index contributed by atoms with van der Waals surface area (Å²) in [6.45, 7) is 6.63. The molecule has 2 N–H and O–H groups in total. The molecule has 1 aromatic rings. The van der Waals surface area contributed by atoms with Crippen LogP contribution in [0.2, 0.25) is 0 Å². The van der Waals surface area contributed by atoms with E-state index in [1.165, 1.54) is 5.56 Å². The monoisotopic (exact) mass is 311 g/mol. The van der Waals surface area contributed by atoms with Gasteiger partial charge in [-0.1, -0.05) is 19.9 Å². The maximum atomic E-state index is 9.17. The fraction of sp³-hybridized carbons (Fsp3) is 0.625. The molecule has 2 unspecified atom stereocenters. The summed E-state index contributed by atoms with van der Waals surface area (Å²) in [5, 5.41) is 13.0. The van der Waals surface area contributed by atoms with Gasteiger partial charge in [0.15, 0.2) is 11.5 Å². The number of aliphatic hydroxyl groups is 1. The topological polar surface area (TPSA) is 50.7 Å². The van der Waals surface area contributed by atoms with Crippen LogP contribution in [0.4, 0.5) is 0 Å². The van der Waals surface area contributed by atoms with Gasteiger partial charge >= 0.3 is 0 Å². The number of fused-ring (bicyclic) bond motifs is 1. The maximum Gasteiger partial charge on any atom is 0.161 e. The molecule has 0 radical (unpaired) electrons. The Balaban J connectivity index is 2.07. The molecule has 0 bridgehead atoms. The van der Waals surface area contributed by atoms with Crippen molar-refractivity contribution in [1.29, 1.82) is 0 Å². The van der Waals surface area contributed by atoms with Crippen LogP contribution in [0.1, 0.15) is 31.9 Å². The molecular weight excluding hydrogens is 286 g/mol. The van der Waals surface area contributed by atoms with Crippen LogP contribution in [0, 0.1) is 0 Å². The van der Waals surface area contributed by atoms with E-state index < -0.39 is 0 Å². The molecule has 1 aliphatic rings. The number of benzene rings is 1. The molecule has 5 heteroatoms. The van der Waals surface area contributed by atoms with Gasteiger partial charge in [-0.25, -0.2) is 0 Å².